The lowest BCUT2D eigenvalue weighted by Crippen LogP contribution is -2.40. The number of hydrogen-bond acceptors (Lipinski definition) is 4. The first kappa shape index (κ1) is 18.5. The van der Waals surface area contributed by atoms with Gasteiger partial charge in [0.05, 0.1) is 20.1 Å². The zero-order chi connectivity index (χ0) is 14.3. The van der Waals surface area contributed by atoms with Crippen molar-refractivity contribution in [2.24, 2.45) is 5.73 Å². The van der Waals surface area contributed by atoms with Crippen LogP contribution in [0, 0.1) is 0 Å². The predicted molar refractivity (Wildman–Crippen MR) is 81.6 cm³/mol. The van der Waals surface area contributed by atoms with Crippen LogP contribution in [0.3, 0.4) is 0 Å². The number of hydrogen-bond donors (Lipinski definition) is 1. The lowest BCUT2D eigenvalue weighted by molar-refractivity contribution is -0.132. The third kappa shape index (κ3) is 5.67. The average Bonchev–Trinajstić information content (AvgIpc) is 2.46. The monoisotopic (exact) mass is 302 g/mol. The van der Waals surface area contributed by atoms with E-state index in [9.17, 15) is 4.79 Å². The van der Waals surface area contributed by atoms with Crippen LogP contribution in [0.1, 0.15) is 13.3 Å². The van der Waals surface area contributed by atoms with Crippen molar-refractivity contribution in [3.8, 4) is 11.5 Å². The van der Waals surface area contributed by atoms with Gasteiger partial charge in [0.25, 0.3) is 0 Å². The minimum absolute atomic E-state index is 0. The lowest BCUT2D eigenvalue weighted by Gasteiger charge is -2.23. The number of rotatable bonds is 7. The number of ether oxygens (including phenoxy) is 2. The van der Waals surface area contributed by atoms with E-state index in [1.54, 1.807) is 19.1 Å². The highest BCUT2D eigenvalue weighted by molar-refractivity contribution is 5.85. The minimum Gasteiger partial charge on any atom is -0.497 e. The molecule has 0 radical (unpaired) electrons. The molecule has 0 bridgehead atoms. The summed E-state index contributed by atoms with van der Waals surface area (Å²) in [6, 6.07) is 7.32. The Morgan fingerprint density at radius 1 is 1.30 bits per heavy atom. The summed E-state index contributed by atoms with van der Waals surface area (Å²) >= 11 is 0. The molecule has 0 saturated carbocycles. The van der Waals surface area contributed by atoms with Gasteiger partial charge in [0, 0.05) is 19.6 Å². The number of nitrogens with two attached hydrogens (primary N) is 1. The van der Waals surface area contributed by atoms with Crippen LogP contribution in [0.5, 0.6) is 11.5 Å². The molecule has 1 amide bonds. The zero-order valence-corrected chi connectivity index (χ0v) is 13.0. The summed E-state index contributed by atoms with van der Waals surface area (Å²) in [5.74, 6) is 1.54. The van der Waals surface area contributed by atoms with Crippen LogP contribution < -0.4 is 15.2 Å². The van der Waals surface area contributed by atoms with E-state index in [0.29, 0.717) is 19.6 Å². The van der Waals surface area contributed by atoms with Gasteiger partial charge in [-0.15, -0.1) is 12.4 Å². The van der Waals surface area contributed by atoms with Gasteiger partial charge in [-0.1, -0.05) is 0 Å². The third-order valence-electron chi connectivity index (χ3n) is 3.04. The van der Waals surface area contributed by atoms with E-state index in [1.807, 2.05) is 31.2 Å². The number of nitrogens with zero attached hydrogens (tertiary/aromatic N) is 1. The molecule has 20 heavy (non-hydrogen) atoms. The van der Waals surface area contributed by atoms with Crippen molar-refractivity contribution < 1.29 is 14.3 Å². The summed E-state index contributed by atoms with van der Waals surface area (Å²) in [4.78, 5) is 13.5. The smallest absolute Gasteiger partial charge is 0.226 e. The molecule has 6 heteroatoms. The van der Waals surface area contributed by atoms with Crippen molar-refractivity contribution >= 4 is 18.3 Å². The molecule has 0 spiro atoms. The number of likely N-dealkylation sites (N-methyl/N-ethyl adjacent to an activating group) is 1. The quantitative estimate of drug-likeness (QED) is 0.832. The van der Waals surface area contributed by atoms with Crippen LogP contribution in [0.25, 0.3) is 0 Å². The molecule has 0 aliphatic heterocycles. The van der Waals surface area contributed by atoms with E-state index >= 15 is 0 Å². The van der Waals surface area contributed by atoms with Crippen molar-refractivity contribution in [2.45, 2.75) is 19.4 Å². The van der Waals surface area contributed by atoms with E-state index in [2.05, 4.69) is 0 Å². The summed E-state index contributed by atoms with van der Waals surface area (Å²) in [6.45, 7) is 2.73. The fraction of sp³-hybridized carbons (Fsp3) is 0.500. The number of halogens is 1. The van der Waals surface area contributed by atoms with E-state index in [-0.39, 0.29) is 24.4 Å². The standard InChI is InChI=1S/C14H22N2O3.ClH/c1-11(10-15)16(2)14(17)8-9-19-13-6-4-12(18-3)5-7-13;/h4-7,11H,8-10,15H2,1-3H3;1H. The normalized spacial score (nSPS) is 11.2. The van der Waals surface area contributed by atoms with Crippen molar-refractivity contribution in [2.75, 3.05) is 27.3 Å². The minimum atomic E-state index is 0. The largest absolute Gasteiger partial charge is 0.497 e. The third-order valence-corrected chi connectivity index (χ3v) is 3.04. The first-order chi connectivity index (χ1) is 9.08. The molecule has 0 saturated heterocycles. The maximum absolute atomic E-state index is 11.8. The summed E-state index contributed by atoms with van der Waals surface area (Å²) in [7, 11) is 3.37. The second-order valence-corrected chi connectivity index (χ2v) is 4.36. The van der Waals surface area contributed by atoms with Gasteiger partial charge in [-0.3, -0.25) is 4.79 Å². The SMILES string of the molecule is COc1ccc(OCCC(=O)N(C)C(C)CN)cc1.Cl. The first-order valence-electron chi connectivity index (χ1n) is 6.31. The highest BCUT2D eigenvalue weighted by atomic mass is 35.5. The molecule has 1 aromatic rings. The van der Waals surface area contributed by atoms with E-state index in [4.69, 9.17) is 15.2 Å². The molecular formula is C14H23ClN2O3. The van der Waals surface area contributed by atoms with Gasteiger partial charge in [-0.05, 0) is 31.2 Å². The van der Waals surface area contributed by atoms with Crippen molar-refractivity contribution in [1.29, 1.82) is 0 Å². The number of methoxy groups -OCH3 is 1. The molecule has 0 aliphatic carbocycles. The maximum atomic E-state index is 11.8. The van der Waals surface area contributed by atoms with Crippen LogP contribution in [0.15, 0.2) is 24.3 Å². The molecule has 0 aliphatic rings. The highest BCUT2D eigenvalue weighted by Crippen LogP contribution is 2.17. The Labute approximate surface area is 126 Å². The summed E-state index contributed by atoms with van der Waals surface area (Å²) in [5.41, 5.74) is 5.52. The van der Waals surface area contributed by atoms with Gasteiger partial charge in [0.15, 0.2) is 0 Å². The van der Waals surface area contributed by atoms with Crippen LogP contribution in [-0.2, 0) is 4.79 Å². The Kier molecular flexibility index (Phi) is 8.76. The topological polar surface area (TPSA) is 64.8 Å². The molecule has 114 valence electrons. The van der Waals surface area contributed by atoms with Crippen molar-refractivity contribution in [3.63, 3.8) is 0 Å². The van der Waals surface area contributed by atoms with Crippen LogP contribution in [-0.4, -0.2) is 44.2 Å². The molecule has 5 nitrogen and oxygen atoms in total. The summed E-state index contributed by atoms with van der Waals surface area (Å²) < 4.78 is 10.6. The Hall–Kier alpha value is -1.46. The molecule has 1 aromatic carbocycles. The van der Waals surface area contributed by atoms with E-state index in [0.717, 1.165) is 11.5 Å². The van der Waals surface area contributed by atoms with Crippen molar-refractivity contribution in [3.05, 3.63) is 24.3 Å². The number of amides is 1. The summed E-state index contributed by atoms with van der Waals surface area (Å²) in [5, 5.41) is 0. The van der Waals surface area contributed by atoms with Crippen LogP contribution in [0.2, 0.25) is 0 Å². The molecule has 1 unspecified atom stereocenters. The molecule has 1 rings (SSSR count). The fourth-order valence-electron chi connectivity index (χ4n) is 1.51. The van der Waals surface area contributed by atoms with E-state index in [1.165, 1.54) is 0 Å². The molecule has 0 aromatic heterocycles. The Bertz CT molecular complexity index is 398. The van der Waals surface area contributed by atoms with E-state index < -0.39 is 0 Å². The average molecular weight is 303 g/mol. The maximum Gasteiger partial charge on any atom is 0.226 e. The first-order valence-corrected chi connectivity index (χ1v) is 6.31. The zero-order valence-electron chi connectivity index (χ0n) is 12.2. The molecular weight excluding hydrogens is 280 g/mol. The number of carbonyl (C=O) groups is 1. The lowest BCUT2D eigenvalue weighted by atomic mass is 10.2. The van der Waals surface area contributed by atoms with Gasteiger partial charge in [0.2, 0.25) is 5.91 Å². The molecule has 2 N–H and O–H groups in total. The Morgan fingerprint density at radius 3 is 2.35 bits per heavy atom. The van der Waals surface area contributed by atoms with Crippen LogP contribution in [0.4, 0.5) is 0 Å². The molecule has 1 atom stereocenters. The van der Waals surface area contributed by atoms with Crippen LogP contribution >= 0.6 is 12.4 Å². The fourth-order valence-corrected chi connectivity index (χ4v) is 1.51. The molecule has 0 heterocycles. The van der Waals surface area contributed by atoms with Gasteiger partial charge in [-0.25, -0.2) is 0 Å². The van der Waals surface area contributed by atoms with Crippen molar-refractivity contribution in [1.82, 2.24) is 4.90 Å². The number of benzene rings is 1. The summed E-state index contributed by atoms with van der Waals surface area (Å²) in [6.07, 6.45) is 0.340. The Balaban J connectivity index is 0.00000361. The Morgan fingerprint density at radius 2 is 1.85 bits per heavy atom. The molecule has 0 fully saturated rings. The second-order valence-electron chi connectivity index (χ2n) is 4.36. The highest BCUT2D eigenvalue weighted by Gasteiger charge is 2.13. The van der Waals surface area contributed by atoms with Gasteiger partial charge in [-0.2, -0.15) is 0 Å². The van der Waals surface area contributed by atoms with Gasteiger partial charge >= 0.3 is 0 Å². The van der Waals surface area contributed by atoms with Gasteiger partial charge in [0.1, 0.15) is 11.5 Å². The number of carbonyl (C=O) groups excluding carboxylic acids is 1. The second kappa shape index (κ2) is 9.44. The van der Waals surface area contributed by atoms with Gasteiger partial charge < -0.3 is 20.1 Å². The predicted octanol–water partition coefficient (Wildman–Crippen LogP) is 1.69.